The van der Waals surface area contributed by atoms with E-state index in [-0.39, 0.29) is 17.4 Å². The zero-order chi connectivity index (χ0) is 22.6. The van der Waals surface area contributed by atoms with Gasteiger partial charge in [0.05, 0.1) is 11.6 Å². The third-order valence-electron chi connectivity index (χ3n) is 5.52. The minimum absolute atomic E-state index is 0.0251. The van der Waals surface area contributed by atoms with Crippen LogP contribution in [0.5, 0.6) is 5.75 Å². The van der Waals surface area contributed by atoms with Crippen molar-refractivity contribution in [1.29, 1.82) is 0 Å². The van der Waals surface area contributed by atoms with Crippen molar-refractivity contribution in [1.82, 2.24) is 10.2 Å². The molecule has 2 aromatic carbocycles. The average Bonchev–Trinajstić information content (AvgIpc) is 3.43. The molecule has 2 atom stereocenters. The first-order chi connectivity index (χ1) is 15.3. The van der Waals surface area contributed by atoms with Gasteiger partial charge < -0.3 is 9.84 Å². The molecule has 1 fully saturated rings. The summed E-state index contributed by atoms with van der Waals surface area (Å²) < 4.78 is 6.60. The monoisotopic (exact) mass is 511 g/mol. The summed E-state index contributed by atoms with van der Waals surface area (Å²) in [5, 5.41) is 20.3. The summed E-state index contributed by atoms with van der Waals surface area (Å²) >= 11 is 4.63. The lowest BCUT2D eigenvalue weighted by Crippen LogP contribution is -2.29. The maximum absolute atomic E-state index is 13.2. The second-order valence-electron chi connectivity index (χ2n) is 7.78. The molecule has 2 aliphatic rings. The van der Waals surface area contributed by atoms with Crippen molar-refractivity contribution in [2.45, 2.75) is 32.4 Å². The van der Waals surface area contributed by atoms with E-state index >= 15 is 0 Å². The van der Waals surface area contributed by atoms with Gasteiger partial charge in [0.15, 0.2) is 0 Å². The van der Waals surface area contributed by atoms with E-state index < -0.39 is 17.7 Å². The number of aryl methyl sites for hydroxylation is 1. The molecule has 0 radical (unpaired) electrons. The van der Waals surface area contributed by atoms with Crippen molar-refractivity contribution >= 4 is 49.8 Å². The number of amides is 1. The molecule has 9 heteroatoms. The molecule has 3 aromatic rings. The minimum atomic E-state index is -0.820. The number of aliphatic hydroxyl groups is 1. The van der Waals surface area contributed by atoms with Crippen LogP contribution in [0.4, 0.5) is 5.13 Å². The number of hydrogen-bond donors (Lipinski definition) is 1. The Morgan fingerprint density at radius 1 is 1.19 bits per heavy atom. The molecular weight excluding hydrogens is 494 g/mol. The molecule has 2 aliphatic heterocycles. The molecule has 0 bridgehead atoms. The number of carbonyl (C=O) groups is 2. The minimum Gasteiger partial charge on any atom is -0.507 e. The van der Waals surface area contributed by atoms with E-state index in [2.05, 4.69) is 26.1 Å². The van der Waals surface area contributed by atoms with Crippen molar-refractivity contribution in [3.8, 4) is 5.75 Å². The van der Waals surface area contributed by atoms with Crippen molar-refractivity contribution in [2.24, 2.45) is 0 Å². The average molecular weight is 512 g/mol. The second kappa shape index (κ2) is 7.83. The Morgan fingerprint density at radius 2 is 1.94 bits per heavy atom. The lowest BCUT2D eigenvalue weighted by Gasteiger charge is -2.22. The number of fused-ring (bicyclic) bond motifs is 1. The molecular formula is C23H18BrN3O4S. The van der Waals surface area contributed by atoms with Gasteiger partial charge in [-0.05, 0) is 55.3 Å². The summed E-state index contributed by atoms with van der Waals surface area (Å²) in [7, 11) is 0. The first kappa shape index (κ1) is 20.8. The van der Waals surface area contributed by atoms with Crippen molar-refractivity contribution in [3.63, 3.8) is 0 Å². The molecule has 0 spiro atoms. The fraction of sp³-hybridized carbons (Fsp3) is 0.217. The van der Waals surface area contributed by atoms with Crippen LogP contribution in [-0.2, 0) is 16.0 Å². The Morgan fingerprint density at radius 3 is 2.62 bits per heavy atom. The molecule has 32 heavy (non-hydrogen) atoms. The van der Waals surface area contributed by atoms with Crippen molar-refractivity contribution < 1.29 is 19.4 Å². The molecule has 1 aromatic heterocycles. The van der Waals surface area contributed by atoms with Crippen molar-refractivity contribution in [2.75, 3.05) is 4.90 Å². The Bertz CT molecular complexity index is 1280. The van der Waals surface area contributed by atoms with Crippen LogP contribution < -0.4 is 9.64 Å². The number of ether oxygens (including phenoxy) is 1. The van der Waals surface area contributed by atoms with Crippen LogP contribution in [0.25, 0.3) is 5.76 Å². The number of Topliss-reactive ketones (excluding diaryl/α,β-unsaturated/α-hetero) is 1. The quantitative estimate of drug-likeness (QED) is 0.314. The number of aromatic nitrogens is 2. The van der Waals surface area contributed by atoms with Crippen LogP contribution in [0.15, 0.2) is 52.5 Å². The Balaban J connectivity index is 1.68. The van der Waals surface area contributed by atoms with Crippen LogP contribution in [0.2, 0.25) is 0 Å². The van der Waals surface area contributed by atoms with Crippen LogP contribution >= 0.6 is 27.3 Å². The van der Waals surface area contributed by atoms with E-state index in [0.29, 0.717) is 27.7 Å². The standard InChI is InChI=1S/C23H18BrN3O4S/c1-11-9-15-10-14(5-8-17(15)31-11)20(28)18-19(13-3-6-16(24)7-4-13)27(22(30)21(18)29)23-26-25-12(2)32-23/h3-8,10-11,19,28H,9H2,1-2H3/t11-,19+/m0/s1. The van der Waals surface area contributed by atoms with Gasteiger partial charge in [-0.2, -0.15) is 0 Å². The van der Waals surface area contributed by atoms with Crippen LogP contribution in [0.3, 0.4) is 0 Å². The highest BCUT2D eigenvalue weighted by atomic mass is 79.9. The number of ketones is 1. The molecule has 5 rings (SSSR count). The fourth-order valence-corrected chi connectivity index (χ4v) is 5.08. The third-order valence-corrected chi connectivity index (χ3v) is 6.89. The lowest BCUT2D eigenvalue weighted by atomic mass is 9.94. The predicted molar refractivity (Wildman–Crippen MR) is 124 cm³/mol. The lowest BCUT2D eigenvalue weighted by molar-refractivity contribution is -0.132. The van der Waals surface area contributed by atoms with Gasteiger partial charge in [0.1, 0.15) is 22.6 Å². The smallest absolute Gasteiger partial charge is 0.301 e. The van der Waals surface area contributed by atoms with Gasteiger partial charge in [0.2, 0.25) is 5.13 Å². The largest absolute Gasteiger partial charge is 0.507 e. The molecule has 0 saturated carbocycles. The summed E-state index contributed by atoms with van der Waals surface area (Å²) in [4.78, 5) is 27.6. The van der Waals surface area contributed by atoms with Gasteiger partial charge >= 0.3 is 5.91 Å². The van der Waals surface area contributed by atoms with E-state index in [1.54, 1.807) is 19.1 Å². The summed E-state index contributed by atoms with van der Waals surface area (Å²) in [6, 6.07) is 11.8. The van der Waals surface area contributed by atoms with Gasteiger partial charge in [-0.25, -0.2) is 0 Å². The first-order valence-corrected chi connectivity index (χ1v) is 11.6. The zero-order valence-electron chi connectivity index (χ0n) is 17.2. The zero-order valence-corrected chi connectivity index (χ0v) is 19.6. The number of rotatable bonds is 3. The summed E-state index contributed by atoms with van der Waals surface area (Å²) in [6.07, 6.45) is 0.765. The topological polar surface area (TPSA) is 92.6 Å². The molecule has 0 aliphatic carbocycles. The van der Waals surface area contributed by atoms with Gasteiger partial charge in [0, 0.05) is 16.5 Å². The van der Waals surface area contributed by atoms with E-state index in [4.69, 9.17) is 4.74 Å². The number of anilines is 1. The van der Waals surface area contributed by atoms with Crippen LogP contribution in [-0.4, -0.2) is 33.1 Å². The van der Waals surface area contributed by atoms with Crippen LogP contribution in [0, 0.1) is 6.92 Å². The Kier molecular flexibility index (Phi) is 5.10. The highest BCUT2D eigenvalue weighted by Gasteiger charge is 2.48. The van der Waals surface area contributed by atoms with Crippen LogP contribution in [0.1, 0.15) is 34.7 Å². The second-order valence-corrected chi connectivity index (χ2v) is 9.86. The maximum atomic E-state index is 13.2. The number of nitrogens with zero attached hydrogens (tertiary/aromatic N) is 3. The highest BCUT2D eigenvalue weighted by molar-refractivity contribution is 9.10. The highest BCUT2D eigenvalue weighted by Crippen LogP contribution is 2.43. The Labute approximate surface area is 196 Å². The summed E-state index contributed by atoms with van der Waals surface area (Å²) in [5.74, 6) is -0.951. The number of hydrogen-bond acceptors (Lipinski definition) is 7. The predicted octanol–water partition coefficient (Wildman–Crippen LogP) is 4.56. The van der Waals surface area contributed by atoms with E-state index in [9.17, 15) is 14.7 Å². The van der Waals surface area contributed by atoms with E-state index in [1.807, 2.05) is 37.3 Å². The molecule has 162 valence electrons. The van der Waals surface area contributed by atoms with Crippen molar-refractivity contribution in [3.05, 3.63) is 74.2 Å². The molecule has 3 heterocycles. The molecule has 1 saturated heterocycles. The van der Waals surface area contributed by atoms with E-state index in [0.717, 1.165) is 15.8 Å². The van der Waals surface area contributed by atoms with Gasteiger partial charge in [-0.3, -0.25) is 14.5 Å². The fourth-order valence-electron chi connectivity index (χ4n) is 4.10. The Hall–Kier alpha value is -3.04. The maximum Gasteiger partial charge on any atom is 0.301 e. The number of halogens is 1. The molecule has 1 amide bonds. The summed E-state index contributed by atoms with van der Waals surface area (Å²) in [6.45, 7) is 3.75. The number of carbonyl (C=O) groups excluding carboxylic acids is 2. The molecule has 0 unspecified atom stereocenters. The van der Waals surface area contributed by atoms with Gasteiger partial charge in [-0.1, -0.05) is 39.4 Å². The van der Waals surface area contributed by atoms with Gasteiger partial charge in [-0.15, -0.1) is 10.2 Å². The van der Waals surface area contributed by atoms with E-state index in [1.165, 1.54) is 16.2 Å². The SMILES string of the molecule is Cc1nnc(N2C(=O)C(=O)C(=C(O)c3ccc4c(c3)C[C@H](C)O4)[C@H]2c2ccc(Br)cc2)s1. The van der Waals surface area contributed by atoms with Gasteiger partial charge in [0.25, 0.3) is 5.78 Å². The normalized spacial score (nSPS) is 21.7. The third kappa shape index (κ3) is 3.41. The first-order valence-electron chi connectivity index (χ1n) is 10.00. The summed E-state index contributed by atoms with van der Waals surface area (Å²) in [5.41, 5.74) is 2.13. The number of benzene rings is 2. The molecule has 1 N–H and O–H groups in total. The molecule has 7 nitrogen and oxygen atoms in total. The number of aliphatic hydroxyl groups excluding tert-OH is 1.